The molecular weight excluding hydrogens is 174 g/mol. The molecule has 3 aliphatic rings. The molecule has 0 radical (unpaired) electrons. The van der Waals surface area contributed by atoms with E-state index in [9.17, 15) is 0 Å². The van der Waals surface area contributed by atoms with E-state index in [0.717, 1.165) is 13.2 Å². The van der Waals surface area contributed by atoms with E-state index in [0.29, 0.717) is 12.0 Å². The number of rotatable bonds is 0. The van der Waals surface area contributed by atoms with E-state index in [2.05, 4.69) is 29.6 Å². The maximum atomic E-state index is 5.81. The number of hydrogen-bond donors (Lipinski definition) is 1. The third kappa shape index (κ3) is 1.22. The number of ether oxygens (including phenoxy) is 1. The van der Waals surface area contributed by atoms with Gasteiger partial charge in [-0.05, 0) is 12.8 Å². The Balaban J connectivity index is 2.00. The zero-order valence-corrected chi connectivity index (χ0v) is 8.20. The topological polar surface area (TPSA) is 21.3 Å². The predicted molar refractivity (Wildman–Crippen MR) is 55.8 cm³/mol. The van der Waals surface area contributed by atoms with Crippen molar-refractivity contribution < 1.29 is 4.74 Å². The molecule has 1 aliphatic carbocycles. The molecule has 1 saturated heterocycles. The third-order valence-electron chi connectivity index (χ3n) is 3.22. The SMILES string of the molecule is C1=CC2=C3OCCCC3CNC2C=C1. The van der Waals surface area contributed by atoms with Crippen molar-refractivity contribution in [2.45, 2.75) is 18.9 Å². The van der Waals surface area contributed by atoms with Crippen LogP contribution in [0.2, 0.25) is 0 Å². The van der Waals surface area contributed by atoms with E-state index < -0.39 is 0 Å². The summed E-state index contributed by atoms with van der Waals surface area (Å²) in [5.41, 5.74) is 1.35. The molecule has 0 aromatic carbocycles. The second kappa shape index (κ2) is 3.28. The summed E-state index contributed by atoms with van der Waals surface area (Å²) < 4.78 is 5.81. The summed E-state index contributed by atoms with van der Waals surface area (Å²) in [6.45, 7) is 1.97. The Morgan fingerprint density at radius 2 is 2.36 bits per heavy atom. The molecule has 2 atom stereocenters. The molecular formula is C12H15NO. The Labute approximate surface area is 84.3 Å². The van der Waals surface area contributed by atoms with E-state index in [-0.39, 0.29) is 0 Å². The van der Waals surface area contributed by atoms with Crippen LogP contribution in [0.25, 0.3) is 0 Å². The molecule has 0 aromatic heterocycles. The first-order valence-corrected chi connectivity index (χ1v) is 5.40. The Morgan fingerprint density at radius 3 is 3.36 bits per heavy atom. The van der Waals surface area contributed by atoms with Gasteiger partial charge >= 0.3 is 0 Å². The molecule has 1 N–H and O–H groups in total. The Hall–Kier alpha value is -1.02. The number of hydrogen-bond acceptors (Lipinski definition) is 2. The smallest absolute Gasteiger partial charge is 0.105 e. The van der Waals surface area contributed by atoms with Gasteiger partial charge in [0.05, 0.1) is 12.6 Å². The highest BCUT2D eigenvalue weighted by Gasteiger charge is 2.30. The van der Waals surface area contributed by atoms with E-state index >= 15 is 0 Å². The molecule has 14 heavy (non-hydrogen) atoms. The zero-order chi connectivity index (χ0) is 9.38. The maximum absolute atomic E-state index is 5.81. The molecule has 3 rings (SSSR count). The minimum absolute atomic E-state index is 0.393. The van der Waals surface area contributed by atoms with Crippen LogP contribution in [0.4, 0.5) is 0 Å². The van der Waals surface area contributed by atoms with Gasteiger partial charge in [0.25, 0.3) is 0 Å². The van der Waals surface area contributed by atoms with Gasteiger partial charge in [0.15, 0.2) is 0 Å². The molecule has 2 unspecified atom stereocenters. The summed E-state index contributed by atoms with van der Waals surface area (Å²) >= 11 is 0. The molecule has 1 fully saturated rings. The first-order valence-electron chi connectivity index (χ1n) is 5.40. The summed E-state index contributed by atoms with van der Waals surface area (Å²) in [6.07, 6.45) is 11.1. The lowest BCUT2D eigenvalue weighted by atomic mass is 9.87. The summed E-state index contributed by atoms with van der Waals surface area (Å²) in [6, 6.07) is 0.393. The third-order valence-corrected chi connectivity index (χ3v) is 3.22. The normalized spacial score (nSPS) is 34.9. The van der Waals surface area contributed by atoms with Crippen molar-refractivity contribution in [2.24, 2.45) is 5.92 Å². The molecule has 2 heterocycles. The second-order valence-electron chi connectivity index (χ2n) is 4.14. The maximum Gasteiger partial charge on any atom is 0.105 e. The van der Waals surface area contributed by atoms with Gasteiger partial charge in [0.2, 0.25) is 0 Å². The minimum Gasteiger partial charge on any atom is -0.497 e. The van der Waals surface area contributed by atoms with Gasteiger partial charge in [0.1, 0.15) is 5.76 Å². The van der Waals surface area contributed by atoms with E-state index in [1.807, 2.05) is 0 Å². The van der Waals surface area contributed by atoms with E-state index in [1.54, 1.807) is 0 Å². The fraction of sp³-hybridized carbons (Fsp3) is 0.500. The highest BCUT2D eigenvalue weighted by molar-refractivity contribution is 5.40. The lowest BCUT2D eigenvalue weighted by Crippen LogP contribution is -2.42. The van der Waals surface area contributed by atoms with Crippen LogP contribution in [0.1, 0.15) is 12.8 Å². The van der Waals surface area contributed by atoms with Gasteiger partial charge in [-0.25, -0.2) is 0 Å². The average Bonchev–Trinajstić information content (AvgIpc) is 2.29. The molecule has 2 aliphatic heterocycles. The van der Waals surface area contributed by atoms with Crippen molar-refractivity contribution >= 4 is 0 Å². The molecule has 74 valence electrons. The van der Waals surface area contributed by atoms with Crippen LogP contribution in [0.15, 0.2) is 35.6 Å². The lowest BCUT2D eigenvalue weighted by molar-refractivity contribution is 0.115. The minimum atomic E-state index is 0.393. The molecule has 0 bridgehead atoms. The monoisotopic (exact) mass is 189 g/mol. The summed E-state index contributed by atoms with van der Waals surface area (Å²) in [5, 5.41) is 3.54. The molecule has 2 nitrogen and oxygen atoms in total. The van der Waals surface area contributed by atoms with Crippen molar-refractivity contribution in [3.63, 3.8) is 0 Å². The summed E-state index contributed by atoms with van der Waals surface area (Å²) in [7, 11) is 0. The molecule has 0 spiro atoms. The second-order valence-corrected chi connectivity index (χ2v) is 4.14. The first kappa shape index (κ1) is 8.30. The van der Waals surface area contributed by atoms with Crippen molar-refractivity contribution in [1.82, 2.24) is 5.32 Å². The van der Waals surface area contributed by atoms with Crippen molar-refractivity contribution in [3.8, 4) is 0 Å². The predicted octanol–water partition coefficient (Wildman–Crippen LogP) is 1.76. The van der Waals surface area contributed by atoms with Crippen molar-refractivity contribution in [3.05, 3.63) is 35.6 Å². The van der Waals surface area contributed by atoms with Gasteiger partial charge in [-0.15, -0.1) is 0 Å². The highest BCUT2D eigenvalue weighted by Crippen LogP contribution is 2.32. The molecule has 0 aromatic rings. The lowest BCUT2D eigenvalue weighted by Gasteiger charge is -2.36. The number of nitrogens with one attached hydrogen (secondary N) is 1. The largest absolute Gasteiger partial charge is 0.497 e. The fourth-order valence-corrected chi connectivity index (χ4v) is 2.50. The van der Waals surface area contributed by atoms with Crippen molar-refractivity contribution in [2.75, 3.05) is 13.2 Å². The van der Waals surface area contributed by atoms with Crippen LogP contribution >= 0.6 is 0 Å². The summed E-state index contributed by atoms with van der Waals surface area (Å²) in [5.74, 6) is 1.87. The fourth-order valence-electron chi connectivity index (χ4n) is 2.50. The molecule has 2 heteroatoms. The van der Waals surface area contributed by atoms with E-state index in [1.165, 1.54) is 24.2 Å². The van der Waals surface area contributed by atoms with Gasteiger partial charge in [-0.1, -0.05) is 24.3 Å². The summed E-state index contributed by atoms with van der Waals surface area (Å²) in [4.78, 5) is 0. The van der Waals surface area contributed by atoms with Crippen LogP contribution < -0.4 is 5.32 Å². The van der Waals surface area contributed by atoms with Crippen LogP contribution in [0.3, 0.4) is 0 Å². The Bertz CT molecular complexity index is 327. The van der Waals surface area contributed by atoms with Gasteiger partial charge in [0, 0.05) is 18.0 Å². The standard InChI is InChI=1S/C12H15NO/c1-2-6-11-10(5-1)12-9(8-13-11)4-3-7-14-12/h1-2,5-6,9,11,13H,3-4,7-8H2. The first-order chi connectivity index (χ1) is 6.95. The van der Waals surface area contributed by atoms with Crippen molar-refractivity contribution in [1.29, 1.82) is 0 Å². The van der Waals surface area contributed by atoms with Crippen LogP contribution in [0, 0.1) is 5.92 Å². The number of allylic oxidation sites excluding steroid dienone is 2. The average molecular weight is 189 g/mol. The quantitative estimate of drug-likeness (QED) is 0.627. The van der Waals surface area contributed by atoms with Crippen LogP contribution in [-0.2, 0) is 4.74 Å². The van der Waals surface area contributed by atoms with Gasteiger partial charge < -0.3 is 10.1 Å². The Morgan fingerprint density at radius 1 is 1.36 bits per heavy atom. The van der Waals surface area contributed by atoms with E-state index in [4.69, 9.17) is 4.74 Å². The van der Waals surface area contributed by atoms with Gasteiger partial charge in [-0.3, -0.25) is 0 Å². The highest BCUT2D eigenvalue weighted by atomic mass is 16.5. The van der Waals surface area contributed by atoms with Crippen LogP contribution in [-0.4, -0.2) is 19.2 Å². The Kier molecular flexibility index (Phi) is 1.95. The zero-order valence-electron chi connectivity index (χ0n) is 8.20. The van der Waals surface area contributed by atoms with Crippen LogP contribution in [0.5, 0.6) is 0 Å². The van der Waals surface area contributed by atoms with Gasteiger partial charge in [-0.2, -0.15) is 0 Å². The number of fused-ring (bicyclic) bond motifs is 2. The molecule has 0 amide bonds. The molecule has 0 saturated carbocycles.